The standard InChI is InChI=1S/C19H24N2O2/c1-4-6-9-15-12-13-20-18(21-15)16-10-7-8-11-17(16)23-19(22)14(3)5-2/h7-8,10-14H,4-6,9H2,1-3H3. The van der Waals surface area contributed by atoms with E-state index in [0.29, 0.717) is 11.6 Å². The molecule has 0 saturated carbocycles. The molecule has 1 aromatic carbocycles. The summed E-state index contributed by atoms with van der Waals surface area (Å²) in [5.74, 6) is 0.776. The predicted molar refractivity (Wildman–Crippen MR) is 91.2 cm³/mol. The van der Waals surface area contributed by atoms with Gasteiger partial charge in [-0.3, -0.25) is 4.79 Å². The number of benzene rings is 1. The van der Waals surface area contributed by atoms with E-state index in [0.717, 1.165) is 36.9 Å². The fourth-order valence-electron chi connectivity index (χ4n) is 2.14. The Hall–Kier alpha value is -2.23. The van der Waals surface area contributed by atoms with Crippen molar-refractivity contribution in [3.8, 4) is 17.1 Å². The van der Waals surface area contributed by atoms with E-state index in [2.05, 4.69) is 16.9 Å². The monoisotopic (exact) mass is 312 g/mol. The highest BCUT2D eigenvalue weighted by molar-refractivity contribution is 5.77. The third kappa shape index (κ3) is 4.62. The van der Waals surface area contributed by atoms with Gasteiger partial charge in [0, 0.05) is 11.9 Å². The summed E-state index contributed by atoms with van der Waals surface area (Å²) >= 11 is 0. The number of carbonyl (C=O) groups is 1. The van der Waals surface area contributed by atoms with Gasteiger partial charge in [-0.1, -0.05) is 39.3 Å². The molecule has 0 aliphatic carbocycles. The molecule has 0 bridgehead atoms. The fraction of sp³-hybridized carbons (Fsp3) is 0.421. The zero-order valence-corrected chi connectivity index (χ0v) is 14.1. The SMILES string of the molecule is CCCCc1ccnc(-c2ccccc2OC(=O)C(C)CC)n1. The number of esters is 1. The summed E-state index contributed by atoms with van der Waals surface area (Å²) in [4.78, 5) is 21.0. The van der Waals surface area contributed by atoms with E-state index in [1.165, 1.54) is 0 Å². The van der Waals surface area contributed by atoms with Gasteiger partial charge >= 0.3 is 5.97 Å². The maximum Gasteiger partial charge on any atom is 0.314 e. The maximum atomic E-state index is 12.1. The van der Waals surface area contributed by atoms with Gasteiger partial charge in [-0.15, -0.1) is 0 Å². The summed E-state index contributed by atoms with van der Waals surface area (Å²) < 4.78 is 5.55. The summed E-state index contributed by atoms with van der Waals surface area (Å²) in [6.07, 6.45) is 5.68. The molecule has 23 heavy (non-hydrogen) atoms. The summed E-state index contributed by atoms with van der Waals surface area (Å²) in [5.41, 5.74) is 1.77. The van der Waals surface area contributed by atoms with Gasteiger partial charge in [-0.25, -0.2) is 9.97 Å². The molecular weight excluding hydrogens is 288 g/mol. The summed E-state index contributed by atoms with van der Waals surface area (Å²) in [5, 5.41) is 0. The van der Waals surface area contributed by atoms with Crippen LogP contribution in [0.1, 0.15) is 45.7 Å². The summed E-state index contributed by atoms with van der Waals surface area (Å²) in [7, 11) is 0. The van der Waals surface area contributed by atoms with Gasteiger partial charge in [0.05, 0.1) is 11.5 Å². The predicted octanol–water partition coefficient (Wildman–Crippen LogP) is 4.44. The number of rotatable bonds is 7. The number of aryl methyl sites for hydroxylation is 1. The van der Waals surface area contributed by atoms with Crippen LogP contribution in [0.2, 0.25) is 0 Å². The molecule has 0 aliphatic rings. The van der Waals surface area contributed by atoms with E-state index in [4.69, 9.17) is 4.74 Å². The molecule has 0 spiro atoms. The molecule has 1 unspecified atom stereocenters. The largest absolute Gasteiger partial charge is 0.426 e. The van der Waals surface area contributed by atoms with Gasteiger partial charge in [-0.2, -0.15) is 0 Å². The van der Waals surface area contributed by atoms with Crippen molar-refractivity contribution in [3.05, 3.63) is 42.2 Å². The van der Waals surface area contributed by atoms with Crippen molar-refractivity contribution in [1.29, 1.82) is 0 Å². The van der Waals surface area contributed by atoms with Crippen molar-refractivity contribution < 1.29 is 9.53 Å². The van der Waals surface area contributed by atoms with Crippen LogP contribution in [0.3, 0.4) is 0 Å². The molecule has 2 rings (SSSR count). The minimum Gasteiger partial charge on any atom is -0.426 e. The lowest BCUT2D eigenvalue weighted by molar-refractivity contribution is -0.138. The second kappa shape index (κ2) is 8.42. The lowest BCUT2D eigenvalue weighted by Crippen LogP contribution is -2.17. The van der Waals surface area contributed by atoms with E-state index in [9.17, 15) is 4.79 Å². The van der Waals surface area contributed by atoms with Crippen molar-refractivity contribution >= 4 is 5.97 Å². The lowest BCUT2D eigenvalue weighted by Gasteiger charge is -2.12. The van der Waals surface area contributed by atoms with Crippen LogP contribution in [-0.4, -0.2) is 15.9 Å². The number of nitrogens with zero attached hydrogens (tertiary/aromatic N) is 2. The number of unbranched alkanes of at least 4 members (excludes halogenated alkanes) is 1. The van der Waals surface area contributed by atoms with Crippen LogP contribution in [0, 0.1) is 5.92 Å². The second-order valence-corrected chi connectivity index (χ2v) is 5.70. The highest BCUT2D eigenvalue weighted by Gasteiger charge is 2.16. The Morgan fingerprint density at radius 2 is 2.00 bits per heavy atom. The average Bonchev–Trinajstić information content (AvgIpc) is 2.59. The second-order valence-electron chi connectivity index (χ2n) is 5.70. The minimum absolute atomic E-state index is 0.125. The first kappa shape index (κ1) is 17.1. The smallest absolute Gasteiger partial charge is 0.314 e. The molecule has 1 aromatic heterocycles. The Bertz CT molecular complexity index is 655. The van der Waals surface area contributed by atoms with Crippen molar-refractivity contribution in [3.63, 3.8) is 0 Å². The Morgan fingerprint density at radius 1 is 1.22 bits per heavy atom. The van der Waals surface area contributed by atoms with Gasteiger partial charge in [0.1, 0.15) is 5.75 Å². The van der Waals surface area contributed by atoms with Crippen LogP contribution in [0.5, 0.6) is 5.75 Å². The summed E-state index contributed by atoms with van der Waals surface area (Å²) in [6.45, 7) is 6.00. The molecule has 4 nitrogen and oxygen atoms in total. The quantitative estimate of drug-likeness (QED) is 0.560. The molecule has 1 atom stereocenters. The molecule has 2 aromatic rings. The number of ether oxygens (including phenoxy) is 1. The fourth-order valence-corrected chi connectivity index (χ4v) is 2.14. The molecule has 0 fully saturated rings. The molecule has 1 heterocycles. The highest BCUT2D eigenvalue weighted by Crippen LogP contribution is 2.28. The Kier molecular flexibility index (Phi) is 6.27. The highest BCUT2D eigenvalue weighted by atomic mass is 16.5. The minimum atomic E-state index is -0.220. The maximum absolute atomic E-state index is 12.1. The average molecular weight is 312 g/mol. The van der Waals surface area contributed by atoms with Gasteiger partial charge in [-0.05, 0) is 37.5 Å². The molecule has 0 amide bonds. The molecule has 0 radical (unpaired) electrons. The van der Waals surface area contributed by atoms with Crippen LogP contribution in [0.25, 0.3) is 11.4 Å². The topological polar surface area (TPSA) is 52.1 Å². The third-order valence-electron chi connectivity index (χ3n) is 3.85. The lowest BCUT2D eigenvalue weighted by atomic mass is 10.1. The van der Waals surface area contributed by atoms with Crippen LogP contribution in [0.4, 0.5) is 0 Å². The zero-order chi connectivity index (χ0) is 16.7. The van der Waals surface area contributed by atoms with Crippen molar-refractivity contribution in [2.75, 3.05) is 0 Å². The van der Waals surface area contributed by atoms with E-state index >= 15 is 0 Å². The van der Waals surface area contributed by atoms with E-state index in [1.807, 2.05) is 38.1 Å². The van der Waals surface area contributed by atoms with Crippen LogP contribution >= 0.6 is 0 Å². The summed E-state index contributed by atoms with van der Waals surface area (Å²) in [6, 6.07) is 9.37. The van der Waals surface area contributed by atoms with Crippen LogP contribution < -0.4 is 4.74 Å². The normalized spacial score (nSPS) is 12.0. The van der Waals surface area contributed by atoms with Gasteiger partial charge in [0.25, 0.3) is 0 Å². The zero-order valence-electron chi connectivity index (χ0n) is 14.1. The van der Waals surface area contributed by atoms with Gasteiger partial charge < -0.3 is 4.74 Å². The van der Waals surface area contributed by atoms with Crippen LogP contribution in [-0.2, 0) is 11.2 Å². The first-order valence-electron chi connectivity index (χ1n) is 8.28. The number of carbonyl (C=O) groups excluding carboxylic acids is 1. The van der Waals surface area contributed by atoms with Gasteiger partial charge in [0.2, 0.25) is 0 Å². The van der Waals surface area contributed by atoms with E-state index in [-0.39, 0.29) is 11.9 Å². The number of hydrogen-bond donors (Lipinski definition) is 0. The van der Waals surface area contributed by atoms with Crippen molar-refractivity contribution in [2.24, 2.45) is 5.92 Å². The number of aromatic nitrogens is 2. The molecule has 0 saturated heterocycles. The number of hydrogen-bond acceptors (Lipinski definition) is 4. The van der Waals surface area contributed by atoms with Crippen molar-refractivity contribution in [1.82, 2.24) is 9.97 Å². The third-order valence-corrected chi connectivity index (χ3v) is 3.85. The molecule has 4 heteroatoms. The van der Waals surface area contributed by atoms with Gasteiger partial charge in [0.15, 0.2) is 5.82 Å². The number of para-hydroxylation sites is 1. The molecular formula is C19H24N2O2. The first-order chi connectivity index (χ1) is 11.2. The van der Waals surface area contributed by atoms with E-state index < -0.39 is 0 Å². The Balaban J connectivity index is 2.28. The van der Waals surface area contributed by atoms with E-state index in [1.54, 1.807) is 12.3 Å². The molecule has 0 aliphatic heterocycles. The Morgan fingerprint density at radius 3 is 2.74 bits per heavy atom. The van der Waals surface area contributed by atoms with Crippen molar-refractivity contribution in [2.45, 2.75) is 46.5 Å². The molecule has 0 N–H and O–H groups in total. The molecule has 122 valence electrons. The van der Waals surface area contributed by atoms with Crippen LogP contribution in [0.15, 0.2) is 36.5 Å². The first-order valence-corrected chi connectivity index (χ1v) is 8.28. The Labute approximate surface area is 137 Å².